The summed E-state index contributed by atoms with van der Waals surface area (Å²) in [5.74, 6) is 0. The second kappa shape index (κ2) is 7.43. The molecule has 0 spiro atoms. The molecular weight excluding hydrogens is 226 g/mol. The van der Waals surface area contributed by atoms with Crippen molar-refractivity contribution in [1.29, 1.82) is 0 Å². The maximum atomic E-state index is 5.61. The standard InChI is InChI=1S/C14H29N3O/c1-3-13-12-17(9-8-16(13)2)7-6-15-11-14-5-4-10-18-14/h13-15H,3-12H2,1-2H3. The molecule has 106 valence electrons. The van der Waals surface area contributed by atoms with Gasteiger partial charge in [-0.05, 0) is 26.3 Å². The molecule has 0 aromatic rings. The molecule has 0 radical (unpaired) electrons. The summed E-state index contributed by atoms with van der Waals surface area (Å²) in [6.07, 6.45) is 4.21. The Hall–Kier alpha value is -0.160. The Kier molecular flexibility index (Phi) is 5.89. The quantitative estimate of drug-likeness (QED) is 0.710. The van der Waals surface area contributed by atoms with Crippen molar-refractivity contribution in [2.75, 3.05) is 52.9 Å². The van der Waals surface area contributed by atoms with Crippen LogP contribution in [-0.4, -0.2) is 74.9 Å². The monoisotopic (exact) mass is 255 g/mol. The number of likely N-dealkylation sites (N-methyl/N-ethyl adjacent to an activating group) is 1. The van der Waals surface area contributed by atoms with E-state index in [1.807, 2.05) is 0 Å². The Balaban J connectivity index is 1.56. The van der Waals surface area contributed by atoms with Crippen molar-refractivity contribution >= 4 is 0 Å². The highest BCUT2D eigenvalue weighted by Crippen LogP contribution is 2.11. The highest BCUT2D eigenvalue weighted by molar-refractivity contribution is 4.79. The van der Waals surface area contributed by atoms with Crippen LogP contribution in [0.4, 0.5) is 0 Å². The Morgan fingerprint density at radius 2 is 2.22 bits per heavy atom. The van der Waals surface area contributed by atoms with Gasteiger partial charge in [0, 0.05) is 51.9 Å². The van der Waals surface area contributed by atoms with E-state index in [-0.39, 0.29) is 0 Å². The zero-order chi connectivity index (χ0) is 12.8. The Morgan fingerprint density at radius 1 is 1.33 bits per heavy atom. The van der Waals surface area contributed by atoms with E-state index in [1.165, 1.54) is 45.4 Å². The van der Waals surface area contributed by atoms with Gasteiger partial charge in [0.1, 0.15) is 0 Å². The summed E-state index contributed by atoms with van der Waals surface area (Å²) in [4.78, 5) is 5.09. The van der Waals surface area contributed by atoms with E-state index >= 15 is 0 Å². The van der Waals surface area contributed by atoms with Crippen LogP contribution in [0.1, 0.15) is 26.2 Å². The average Bonchev–Trinajstić information content (AvgIpc) is 2.89. The van der Waals surface area contributed by atoms with Crippen molar-refractivity contribution in [3.8, 4) is 0 Å². The fourth-order valence-electron chi connectivity index (χ4n) is 2.96. The zero-order valence-corrected chi connectivity index (χ0v) is 12.0. The number of hydrogen-bond acceptors (Lipinski definition) is 4. The molecule has 0 aliphatic carbocycles. The molecule has 2 aliphatic rings. The lowest BCUT2D eigenvalue weighted by Crippen LogP contribution is -2.52. The van der Waals surface area contributed by atoms with Gasteiger partial charge in [0.05, 0.1) is 6.10 Å². The van der Waals surface area contributed by atoms with Crippen LogP contribution in [0.3, 0.4) is 0 Å². The highest BCUT2D eigenvalue weighted by Gasteiger charge is 2.22. The number of ether oxygens (including phenoxy) is 1. The molecule has 2 aliphatic heterocycles. The highest BCUT2D eigenvalue weighted by atomic mass is 16.5. The molecule has 18 heavy (non-hydrogen) atoms. The molecule has 0 amide bonds. The first-order valence-corrected chi connectivity index (χ1v) is 7.54. The predicted molar refractivity (Wildman–Crippen MR) is 75.0 cm³/mol. The maximum Gasteiger partial charge on any atom is 0.0700 e. The molecule has 0 aromatic carbocycles. The van der Waals surface area contributed by atoms with E-state index < -0.39 is 0 Å². The molecule has 2 heterocycles. The van der Waals surface area contributed by atoms with Crippen LogP contribution in [0.2, 0.25) is 0 Å². The lowest BCUT2D eigenvalue weighted by Gasteiger charge is -2.39. The van der Waals surface area contributed by atoms with Crippen molar-refractivity contribution in [2.45, 2.75) is 38.3 Å². The van der Waals surface area contributed by atoms with Gasteiger partial charge in [-0.2, -0.15) is 0 Å². The van der Waals surface area contributed by atoms with Crippen molar-refractivity contribution < 1.29 is 4.74 Å². The van der Waals surface area contributed by atoms with E-state index in [1.54, 1.807) is 0 Å². The molecule has 2 saturated heterocycles. The van der Waals surface area contributed by atoms with E-state index in [2.05, 4.69) is 29.1 Å². The normalized spacial score (nSPS) is 31.0. The van der Waals surface area contributed by atoms with Crippen LogP contribution < -0.4 is 5.32 Å². The minimum Gasteiger partial charge on any atom is -0.377 e. The van der Waals surface area contributed by atoms with Crippen molar-refractivity contribution in [1.82, 2.24) is 15.1 Å². The van der Waals surface area contributed by atoms with E-state index in [9.17, 15) is 0 Å². The SMILES string of the molecule is CCC1CN(CCNCC2CCCO2)CCN1C. The van der Waals surface area contributed by atoms with Crippen molar-refractivity contribution in [2.24, 2.45) is 0 Å². The first-order chi connectivity index (χ1) is 8.79. The molecule has 0 aromatic heterocycles. The third-order valence-electron chi connectivity index (χ3n) is 4.33. The van der Waals surface area contributed by atoms with Crippen LogP contribution in [-0.2, 0) is 4.74 Å². The second-order valence-corrected chi connectivity index (χ2v) is 5.68. The molecule has 4 heteroatoms. The van der Waals surface area contributed by atoms with Gasteiger partial charge in [0.25, 0.3) is 0 Å². The average molecular weight is 255 g/mol. The number of nitrogens with one attached hydrogen (secondary N) is 1. The minimum absolute atomic E-state index is 0.473. The number of rotatable bonds is 6. The van der Waals surface area contributed by atoms with E-state index in [4.69, 9.17) is 4.74 Å². The van der Waals surface area contributed by atoms with Crippen LogP contribution >= 0.6 is 0 Å². The summed E-state index contributed by atoms with van der Waals surface area (Å²) in [7, 11) is 2.25. The van der Waals surface area contributed by atoms with Gasteiger partial charge < -0.3 is 15.0 Å². The minimum atomic E-state index is 0.473. The fourth-order valence-corrected chi connectivity index (χ4v) is 2.96. The summed E-state index contributed by atoms with van der Waals surface area (Å²) in [5.41, 5.74) is 0. The van der Waals surface area contributed by atoms with Crippen LogP contribution in [0.25, 0.3) is 0 Å². The fraction of sp³-hybridized carbons (Fsp3) is 1.00. The van der Waals surface area contributed by atoms with Gasteiger partial charge in [0.15, 0.2) is 0 Å². The Morgan fingerprint density at radius 3 is 2.94 bits per heavy atom. The molecule has 2 unspecified atom stereocenters. The van der Waals surface area contributed by atoms with Crippen molar-refractivity contribution in [3.05, 3.63) is 0 Å². The molecule has 2 atom stereocenters. The molecule has 0 saturated carbocycles. The Bertz CT molecular complexity index is 231. The van der Waals surface area contributed by atoms with Crippen LogP contribution in [0.15, 0.2) is 0 Å². The molecule has 2 rings (SSSR count). The molecule has 0 bridgehead atoms. The first-order valence-electron chi connectivity index (χ1n) is 7.54. The molecular formula is C14H29N3O. The molecule has 2 fully saturated rings. The van der Waals surface area contributed by atoms with Gasteiger partial charge in [-0.15, -0.1) is 0 Å². The lowest BCUT2D eigenvalue weighted by atomic mass is 10.1. The molecule has 4 nitrogen and oxygen atoms in total. The van der Waals surface area contributed by atoms with E-state index in [0.29, 0.717) is 6.10 Å². The van der Waals surface area contributed by atoms with Gasteiger partial charge in [-0.25, -0.2) is 0 Å². The number of hydrogen-bond donors (Lipinski definition) is 1. The number of nitrogens with zero attached hydrogens (tertiary/aromatic N) is 2. The van der Waals surface area contributed by atoms with Gasteiger partial charge in [0.2, 0.25) is 0 Å². The summed E-state index contributed by atoms with van der Waals surface area (Å²) in [5, 5.41) is 3.54. The maximum absolute atomic E-state index is 5.61. The van der Waals surface area contributed by atoms with Crippen molar-refractivity contribution in [3.63, 3.8) is 0 Å². The van der Waals surface area contributed by atoms with Crippen LogP contribution in [0, 0.1) is 0 Å². The summed E-state index contributed by atoms with van der Waals surface area (Å²) in [6, 6.07) is 0.747. The summed E-state index contributed by atoms with van der Waals surface area (Å²) in [6.45, 7) is 10.2. The largest absolute Gasteiger partial charge is 0.377 e. The van der Waals surface area contributed by atoms with E-state index in [0.717, 1.165) is 25.7 Å². The smallest absolute Gasteiger partial charge is 0.0700 e. The third-order valence-corrected chi connectivity index (χ3v) is 4.33. The number of piperazine rings is 1. The van der Waals surface area contributed by atoms with Gasteiger partial charge in [-0.1, -0.05) is 6.92 Å². The van der Waals surface area contributed by atoms with Gasteiger partial charge >= 0.3 is 0 Å². The summed E-state index contributed by atoms with van der Waals surface area (Å²) < 4.78 is 5.61. The zero-order valence-electron chi connectivity index (χ0n) is 12.0. The second-order valence-electron chi connectivity index (χ2n) is 5.68. The Labute approximate surface area is 112 Å². The predicted octanol–water partition coefficient (Wildman–Crippen LogP) is 0.781. The first kappa shape index (κ1) is 14.3. The topological polar surface area (TPSA) is 27.7 Å². The van der Waals surface area contributed by atoms with Crippen LogP contribution in [0.5, 0.6) is 0 Å². The third kappa shape index (κ3) is 4.19. The summed E-state index contributed by atoms with van der Waals surface area (Å²) >= 11 is 0. The van der Waals surface area contributed by atoms with Gasteiger partial charge in [-0.3, -0.25) is 4.90 Å². The molecule has 1 N–H and O–H groups in total. The lowest BCUT2D eigenvalue weighted by molar-refractivity contribution is 0.0894.